The van der Waals surface area contributed by atoms with E-state index in [9.17, 15) is 9.59 Å². The lowest BCUT2D eigenvalue weighted by molar-refractivity contribution is -0.135. The van der Waals surface area contributed by atoms with Crippen molar-refractivity contribution in [2.24, 2.45) is 11.8 Å². The van der Waals surface area contributed by atoms with Crippen LogP contribution < -0.4 is 5.32 Å². The van der Waals surface area contributed by atoms with E-state index in [0.717, 1.165) is 47.2 Å². The molecule has 3 aliphatic rings. The maximum atomic E-state index is 12.5. The first-order valence-corrected chi connectivity index (χ1v) is 10.4. The number of nitrogens with one attached hydrogen (secondary N) is 1. The first-order chi connectivity index (χ1) is 11.2. The van der Waals surface area contributed by atoms with Crippen molar-refractivity contribution in [3.05, 3.63) is 29.3 Å². The van der Waals surface area contributed by atoms with Crippen LogP contribution in [0, 0.1) is 11.8 Å². The zero-order valence-corrected chi connectivity index (χ0v) is 14.5. The van der Waals surface area contributed by atoms with E-state index in [1.54, 1.807) is 0 Å². The van der Waals surface area contributed by atoms with Gasteiger partial charge in [0.05, 0.1) is 11.8 Å². The van der Waals surface area contributed by atoms with Gasteiger partial charge in [-0.1, -0.05) is 12.1 Å². The van der Waals surface area contributed by atoms with Crippen LogP contribution in [-0.4, -0.2) is 46.3 Å². The van der Waals surface area contributed by atoms with Crippen molar-refractivity contribution >= 4 is 41.0 Å². The van der Waals surface area contributed by atoms with Gasteiger partial charge in [-0.25, -0.2) is 0 Å². The summed E-state index contributed by atoms with van der Waals surface area (Å²) in [5.74, 6) is 4.51. The molecule has 3 aliphatic heterocycles. The fourth-order valence-electron chi connectivity index (χ4n) is 3.14. The monoisotopic (exact) mass is 348 g/mol. The number of hydrogen-bond donors (Lipinski definition) is 1. The summed E-state index contributed by atoms with van der Waals surface area (Å²) in [6.07, 6.45) is 0.879. The van der Waals surface area contributed by atoms with Crippen LogP contribution in [0.5, 0.6) is 0 Å². The molecule has 0 unspecified atom stereocenters. The van der Waals surface area contributed by atoms with E-state index < -0.39 is 0 Å². The Hall–Kier alpha value is -1.14. The second-order valence-corrected chi connectivity index (χ2v) is 8.56. The summed E-state index contributed by atoms with van der Waals surface area (Å²) in [4.78, 5) is 26.7. The fourth-order valence-corrected chi connectivity index (χ4v) is 4.68. The van der Waals surface area contributed by atoms with Crippen LogP contribution in [0.4, 0.5) is 5.69 Å². The minimum atomic E-state index is 0.121. The quantitative estimate of drug-likeness (QED) is 0.910. The number of hydrogen-bond acceptors (Lipinski definition) is 4. The van der Waals surface area contributed by atoms with Crippen LogP contribution in [0.1, 0.15) is 11.1 Å². The molecular weight excluding hydrogens is 328 g/mol. The lowest BCUT2D eigenvalue weighted by Crippen LogP contribution is -2.44. The van der Waals surface area contributed by atoms with Crippen LogP contribution in [-0.2, 0) is 22.6 Å². The lowest BCUT2D eigenvalue weighted by Gasteiger charge is -2.35. The third-order valence-electron chi connectivity index (χ3n) is 4.84. The third kappa shape index (κ3) is 2.98. The summed E-state index contributed by atoms with van der Waals surface area (Å²) in [7, 11) is 0. The lowest BCUT2D eigenvalue weighted by atomic mass is 9.96. The van der Waals surface area contributed by atoms with Gasteiger partial charge in [0.15, 0.2) is 0 Å². The smallest absolute Gasteiger partial charge is 0.229 e. The Labute approximate surface area is 144 Å². The highest BCUT2D eigenvalue weighted by atomic mass is 32.2. The second-order valence-electron chi connectivity index (χ2n) is 6.41. The Balaban J connectivity index is 1.51. The summed E-state index contributed by atoms with van der Waals surface area (Å²) in [6, 6.07) is 6.09. The van der Waals surface area contributed by atoms with Crippen LogP contribution in [0.25, 0.3) is 0 Å². The molecule has 1 aromatic carbocycles. The highest BCUT2D eigenvalue weighted by Gasteiger charge is 2.33. The molecule has 122 valence electrons. The van der Waals surface area contributed by atoms with E-state index in [1.807, 2.05) is 40.6 Å². The molecule has 0 bridgehead atoms. The van der Waals surface area contributed by atoms with Crippen molar-refractivity contribution in [3.8, 4) is 0 Å². The summed E-state index contributed by atoms with van der Waals surface area (Å²) >= 11 is 3.65. The van der Waals surface area contributed by atoms with Gasteiger partial charge in [-0.3, -0.25) is 9.59 Å². The van der Waals surface area contributed by atoms with E-state index in [0.29, 0.717) is 6.54 Å². The largest absolute Gasteiger partial charge is 0.338 e. The average molecular weight is 348 g/mol. The molecule has 2 fully saturated rings. The average Bonchev–Trinajstić information content (AvgIpc) is 2.43. The van der Waals surface area contributed by atoms with E-state index in [2.05, 4.69) is 11.4 Å². The Morgan fingerprint density at radius 1 is 1.09 bits per heavy atom. The van der Waals surface area contributed by atoms with Gasteiger partial charge in [0.1, 0.15) is 0 Å². The molecule has 2 saturated heterocycles. The fraction of sp³-hybridized carbons (Fsp3) is 0.529. The number of rotatable bonds is 3. The van der Waals surface area contributed by atoms with Crippen molar-refractivity contribution in [2.45, 2.75) is 13.0 Å². The number of benzene rings is 1. The Bertz CT molecular complexity index is 641. The number of carbonyl (C=O) groups excluding carboxylic acids is 2. The number of nitrogens with zero attached hydrogens (tertiary/aromatic N) is 1. The standard InChI is InChI=1S/C17H20N2O2S2/c20-16(12-7-22-8-12)18-15-3-1-2-11-4-5-19(6-14(11)15)17(21)13-9-23-10-13/h1-3,12-13H,4-10H2,(H,18,20). The first-order valence-electron chi connectivity index (χ1n) is 8.08. The van der Waals surface area contributed by atoms with Gasteiger partial charge in [0, 0.05) is 41.8 Å². The van der Waals surface area contributed by atoms with E-state index in [4.69, 9.17) is 0 Å². The number of fused-ring (bicyclic) bond motifs is 1. The molecule has 23 heavy (non-hydrogen) atoms. The maximum Gasteiger partial charge on any atom is 0.229 e. The summed E-state index contributed by atoms with van der Waals surface area (Å²) in [5, 5.41) is 3.09. The molecule has 0 spiro atoms. The van der Waals surface area contributed by atoms with E-state index in [-0.39, 0.29) is 23.7 Å². The molecule has 0 radical (unpaired) electrons. The molecule has 1 aromatic rings. The SMILES string of the molecule is O=C(Nc1cccc2c1CN(C(=O)C1CSC1)CC2)C1CSC1. The van der Waals surface area contributed by atoms with Crippen molar-refractivity contribution < 1.29 is 9.59 Å². The molecule has 0 aromatic heterocycles. The van der Waals surface area contributed by atoms with Crippen molar-refractivity contribution in [2.75, 3.05) is 34.9 Å². The van der Waals surface area contributed by atoms with Crippen LogP contribution >= 0.6 is 23.5 Å². The predicted octanol–water partition coefficient (Wildman–Crippen LogP) is 2.24. The van der Waals surface area contributed by atoms with Crippen molar-refractivity contribution in [1.82, 2.24) is 4.90 Å². The van der Waals surface area contributed by atoms with E-state index in [1.165, 1.54) is 5.56 Å². The maximum absolute atomic E-state index is 12.5. The number of anilines is 1. The molecule has 3 heterocycles. The molecule has 2 amide bonds. The van der Waals surface area contributed by atoms with Gasteiger partial charge >= 0.3 is 0 Å². The zero-order valence-electron chi connectivity index (χ0n) is 12.9. The predicted molar refractivity (Wildman–Crippen MR) is 95.8 cm³/mol. The zero-order chi connectivity index (χ0) is 15.8. The highest BCUT2D eigenvalue weighted by Crippen LogP contribution is 2.32. The minimum Gasteiger partial charge on any atom is -0.338 e. The molecule has 0 saturated carbocycles. The molecular formula is C17H20N2O2S2. The summed E-state index contributed by atoms with van der Waals surface area (Å²) in [5.41, 5.74) is 3.28. The van der Waals surface area contributed by atoms with Crippen molar-refractivity contribution in [3.63, 3.8) is 0 Å². The molecule has 0 atom stereocenters. The van der Waals surface area contributed by atoms with Gasteiger partial charge < -0.3 is 10.2 Å². The molecule has 6 heteroatoms. The Morgan fingerprint density at radius 3 is 2.48 bits per heavy atom. The third-order valence-corrected chi connectivity index (χ3v) is 7.39. The number of thioether (sulfide) groups is 2. The topological polar surface area (TPSA) is 49.4 Å². The van der Waals surface area contributed by atoms with Gasteiger partial charge in [0.25, 0.3) is 0 Å². The van der Waals surface area contributed by atoms with E-state index >= 15 is 0 Å². The normalized spacial score (nSPS) is 21.1. The number of amides is 2. The van der Waals surface area contributed by atoms with Crippen LogP contribution in [0.3, 0.4) is 0 Å². The minimum absolute atomic E-state index is 0.121. The molecule has 1 N–H and O–H groups in total. The molecule has 0 aliphatic carbocycles. The van der Waals surface area contributed by atoms with Gasteiger partial charge in [-0.2, -0.15) is 23.5 Å². The summed E-state index contributed by atoms with van der Waals surface area (Å²) < 4.78 is 0. The summed E-state index contributed by atoms with van der Waals surface area (Å²) in [6.45, 7) is 1.43. The van der Waals surface area contributed by atoms with Gasteiger partial charge in [-0.15, -0.1) is 0 Å². The Morgan fingerprint density at radius 2 is 1.83 bits per heavy atom. The highest BCUT2D eigenvalue weighted by molar-refractivity contribution is 8.00. The van der Waals surface area contributed by atoms with Crippen LogP contribution in [0.15, 0.2) is 18.2 Å². The van der Waals surface area contributed by atoms with Crippen LogP contribution in [0.2, 0.25) is 0 Å². The Kier molecular flexibility index (Phi) is 4.28. The first kappa shape index (κ1) is 15.4. The van der Waals surface area contributed by atoms with Gasteiger partial charge in [-0.05, 0) is 23.6 Å². The van der Waals surface area contributed by atoms with Crippen molar-refractivity contribution in [1.29, 1.82) is 0 Å². The molecule has 4 rings (SSSR count). The number of carbonyl (C=O) groups is 2. The second kappa shape index (κ2) is 6.40. The van der Waals surface area contributed by atoms with Gasteiger partial charge in [0.2, 0.25) is 11.8 Å². The molecule has 4 nitrogen and oxygen atoms in total.